The molecule has 3 rings (SSSR count). The molecular formula is C13H16N4O3. The number of hydrogen-bond acceptors (Lipinski definition) is 6. The number of anilines is 1. The van der Waals surface area contributed by atoms with Gasteiger partial charge in [-0.2, -0.15) is 5.10 Å². The van der Waals surface area contributed by atoms with Crippen LogP contribution < -0.4 is 15.2 Å². The molecule has 0 bridgehead atoms. The van der Waals surface area contributed by atoms with Crippen LogP contribution in [0.4, 0.5) is 5.69 Å². The van der Waals surface area contributed by atoms with Gasteiger partial charge < -0.3 is 19.9 Å². The second kappa shape index (κ2) is 5.01. The average molecular weight is 276 g/mol. The lowest BCUT2D eigenvalue weighted by Gasteiger charge is -2.27. The third kappa shape index (κ3) is 2.27. The van der Waals surface area contributed by atoms with E-state index in [9.17, 15) is 0 Å². The summed E-state index contributed by atoms with van der Waals surface area (Å²) in [4.78, 5) is 4.23. The van der Waals surface area contributed by atoms with Gasteiger partial charge in [0.1, 0.15) is 18.2 Å². The number of ether oxygens (including phenoxy) is 3. The number of methoxy groups -OCH3 is 1. The van der Waals surface area contributed by atoms with Crippen LogP contribution in [0.3, 0.4) is 0 Å². The Morgan fingerprint density at radius 1 is 1.40 bits per heavy atom. The van der Waals surface area contributed by atoms with Gasteiger partial charge in [-0.3, -0.25) is 4.68 Å². The van der Waals surface area contributed by atoms with Gasteiger partial charge in [0, 0.05) is 13.1 Å². The Labute approximate surface area is 116 Å². The summed E-state index contributed by atoms with van der Waals surface area (Å²) < 4.78 is 17.8. The van der Waals surface area contributed by atoms with E-state index in [2.05, 4.69) is 10.1 Å². The maximum atomic E-state index is 6.01. The van der Waals surface area contributed by atoms with Crippen molar-refractivity contribution >= 4 is 5.69 Å². The van der Waals surface area contributed by atoms with Gasteiger partial charge in [0.15, 0.2) is 11.6 Å². The largest absolute Gasteiger partial charge is 0.494 e. The first kappa shape index (κ1) is 12.7. The summed E-state index contributed by atoms with van der Waals surface area (Å²) >= 11 is 0. The van der Waals surface area contributed by atoms with Gasteiger partial charge in [-0.05, 0) is 6.07 Å². The number of aryl methyl sites for hydroxylation is 1. The molecule has 7 nitrogen and oxygen atoms in total. The van der Waals surface area contributed by atoms with E-state index in [0.717, 1.165) is 0 Å². The second-order valence-corrected chi connectivity index (χ2v) is 4.61. The molecular weight excluding hydrogens is 260 g/mol. The lowest BCUT2D eigenvalue weighted by molar-refractivity contribution is -0.0796. The Morgan fingerprint density at radius 2 is 2.20 bits per heavy atom. The van der Waals surface area contributed by atoms with Crippen molar-refractivity contribution in [1.82, 2.24) is 14.8 Å². The maximum Gasteiger partial charge on any atom is 0.185 e. The highest BCUT2D eigenvalue weighted by Crippen LogP contribution is 2.37. The molecule has 0 radical (unpaired) electrons. The van der Waals surface area contributed by atoms with E-state index in [1.165, 1.54) is 0 Å². The van der Waals surface area contributed by atoms with Gasteiger partial charge in [0.05, 0.1) is 31.6 Å². The molecule has 2 aromatic rings. The Morgan fingerprint density at radius 3 is 2.75 bits per heavy atom. The van der Waals surface area contributed by atoms with Crippen LogP contribution in [0.15, 0.2) is 18.5 Å². The number of benzene rings is 1. The molecule has 1 aromatic heterocycles. The summed E-state index contributed by atoms with van der Waals surface area (Å²) in [5.74, 6) is 1.76. The molecule has 2 heterocycles. The minimum atomic E-state index is 0.0762. The molecule has 1 aliphatic rings. The van der Waals surface area contributed by atoms with E-state index in [1.54, 1.807) is 31.2 Å². The molecule has 0 saturated carbocycles. The van der Waals surface area contributed by atoms with Crippen molar-refractivity contribution in [2.24, 2.45) is 7.05 Å². The number of nitrogens with zero attached hydrogens (tertiary/aromatic N) is 3. The Kier molecular flexibility index (Phi) is 3.19. The molecule has 1 fully saturated rings. The van der Waals surface area contributed by atoms with Crippen LogP contribution in [0, 0.1) is 0 Å². The molecule has 1 saturated heterocycles. The molecule has 0 unspecified atom stereocenters. The van der Waals surface area contributed by atoms with Crippen molar-refractivity contribution in [3.8, 4) is 22.9 Å². The van der Waals surface area contributed by atoms with Crippen molar-refractivity contribution in [1.29, 1.82) is 0 Å². The molecule has 1 aliphatic heterocycles. The zero-order valence-electron chi connectivity index (χ0n) is 11.4. The van der Waals surface area contributed by atoms with Gasteiger partial charge in [-0.25, -0.2) is 4.98 Å². The quantitative estimate of drug-likeness (QED) is 0.833. The van der Waals surface area contributed by atoms with Gasteiger partial charge >= 0.3 is 0 Å². The van der Waals surface area contributed by atoms with Crippen LogP contribution in [-0.4, -0.2) is 41.2 Å². The summed E-state index contributed by atoms with van der Waals surface area (Å²) in [6.45, 7) is 1.20. The highest BCUT2D eigenvalue weighted by molar-refractivity contribution is 5.75. The molecule has 0 atom stereocenters. The monoisotopic (exact) mass is 276 g/mol. The molecule has 0 aliphatic carbocycles. The number of rotatable bonds is 4. The Bertz CT molecular complexity index is 622. The fourth-order valence-electron chi connectivity index (χ4n) is 2.02. The first-order chi connectivity index (χ1) is 9.67. The molecule has 7 heteroatoms. The summed E-state index contributed by atoms with van der Waals surface area (Å²) in [6.07, 6.45) is 1.70. The predicted molar refractivity (Wildman–Crippen MR) is 72.6 cm³/mol. The highest BCUT2D eigenvalue weighted by Gasteiger charge is 2.22. The standard InChI is InChI=1S/C13H16N4O3/c1-17-7-15-13(16-17)10-3-8(20-9-5-19-6-9)4-11(14)12(10)18-2/h3-4,7,9H,5-6,14H2,1-2H3. The van der Waals surface area contributed by atoms with Crippen molar-refractivity contribution in [3.05, 3.63) is 18.5 Å². The lowest BCUT2D eigenvalue weighted by atomic mass is 10.1. The van der Waals surface area contributed by atoms with Crippen LogP contribution in [0.2, 0.25) is 0 Å². The van der Waals surface area contributed by atoms with E-state index in [-0.39, 0.29) is 6.10 Å². The normalized spacial score (nSPS) is 14.9. The van der Waals surface area contributed by atoms with Crippen LogP contribution in [-0.2, 0) is 11.8 Å². The van der Waals surface area contributed by atoms with Gasteiger partial charge in [0.25, 0.3) is 0 Å². The minimum absolute atomic E-state index is 0.0762. The van der Waals surface area contributed by atoms with Crippen molar-refractivity contribution in [2.45, 2.75) is 6.10 Å². The maximum absolute atomic E-state index is 6.01. The molecule has 106 valence electrons. The molecule has 1 aromatic carbocycles. The zero-order valence-corrected chi connectivity index (χ0v) is 11.4. The third-order valence-corrected chi connectivity index (χ3v) is 3.05. The van der Waals surface area contributed by atoms with E-state index < -0.39 is 0 Å². The fraction of sp³-hybridized carbons (Fsp3) is 0.385. The van der Waals surface area contributed by atoms with Crippen LogP contribution in [0.25, 0.3) is 11.4 Å². The van der Waals surface area contributed by atoms with Crippen molar-refractivity contribution in [3.63, 3.8) is 0 Å². The smallest absolute Gasteiger partial charge is 0.185 e. The molecule has 0 amide bonds. The van der Waals surface area contributed by atoms with E-state index in [0.29, 0.717) is 41.8 Å². The summed E-state index contributed by atoms with van der Waals surface area (Å²) in [5, 5.41) is 4.27. The summed E-state index contributed by atoms with van der Waals surface area (Å²) in [5.41, 5.74) is 7.22. The first-order valence-electron chi connectivity index (χ1n) is 6.25. The SMILES string of the molecule is COc1c(N)cc(OC2COC2)cc1-c1ncn(C)n1. The van der Waals surface area contributed by atoms with Crippen molar-refractivity contribution < 1.29 is 14.2 Å². The topological polar surface area (TPSA) is 84.4 Å². The van der Waals surface area contributed by atoms with Gasteiger partial charge in [0.2, 0.25) is 0 Å². The number of nitrogens with two attached hydrogens (primary N) is 1. The number of aromatic nitrogens is 3. The Hall–Kier alpha value is -2.28. The van der Waals surface area contributed by atoms with E-state index in [1.807, 2.05) is 6.07 Å². The minimum Gasteiger partial charge on any atom is -0.494 e. The first-order valence-corrected chi connectivity index (χ1v) is 6.25. The van der Waals surface area contributed by atoms with Crippen molar-refractivity contribution in [2.75, 3.05) is 26.1 Å². The van der Waals surface area contributed by atoms with Gasteiger partial charge in [-0.15, -0.1) is 0 Å². The summed E-state index contributed by atoms with van der Waals surface area (Å²) in [7, 11) is 3.37. The number of nitrogen functional groups attached to an aromatic ring is 1. The fourth-order valence-corrected chi connectivity index (χ4v) is 2.02. The average Bonchev–Trinajstić information content (AvgIpc) is 2.80. The highest BCUT2D eigenvalue weighted by atomic mass is 16.6. The third-order valence-electron chi connectivity index (χ3n) is 3.05. The lowest BCUT2D eigenvalue weighted by Crippen LogP contribution is -2.38. The van der Waals surface area contributed by atoms with Crippen LogP contribution >= 0.6 is 0 Å². The number of hydrogen-bond donors (Lipinski definition) is 1. The second-order valence-electron chi connectivity index (χ2n) is 4.61. The van der Waals surface area contributed by atoms with E-state index >= 15 is 0 Å². The van der Waals surface area contributed by atoms with E-state index in [4.69, 9.17) is 19.9 Å². The molecule has 2 N–H and O–H groups in total. The molecule has 0 spiro atoms. The Balaban J connectivity index is 2.00. The molecule has 20 heavy (non-hydrogen) atoms. The van der Waals surface area contributed by atoms with Gasteiger partial charge in [-0.1, -0.05) is 0 Å². The predicted octanol–water partition coefficient (Wildman–Crippen LogP) is 0.851. The van der Waals surface area contributed by atoms with Crippen LogP contribution in [0.1, 0.15) is 0 Å². The summed E-state index contributed by atoms with van der Waals surface area (Å²) in [6, 6.07) is 3.58. The van der Waals surface area contributed by atoms with Crippen LogP contribution in [0.5, 0.6) is 11.5 Å². The zero-order chi connectivity index (χ0) is 14.1.